The Kier molecular flexibility index (Phi) is 3.86. The fraction of sp³-hybridized carbons (Fsp3) is 0. The molecular formula is C14H10O9. The zero-order valence-electron chi connectivity index (χ0n) is 11.2. The lowest BCUT2D eigenvalue weighted by molar-refractivity contribution is 0.0685. The minimum Gasteiger partial charge on any atom is -0.503 e. The second-order valence-electron chi connectivity index (χ2n) is 4.34. The van der Waals surface area contributed by atoms with Gasteiger partial charge in [-0.15, -0.1) is 0 Å². The predicted octanol–water partition coefficient (Wildman–Crippen LogP) is 1.13. The van der Waals surface area contributed by atoms with Crippen LogP contribution in [0.5, 0.6) is 34.5 Å². The van der Waals surface area contributed by atoms with E-state index in [2.05, 4.69) is 0 Å². The van der Waals surface area contributed by atoms with E-state index in [0.29, 0.717) is 0 Å². The van der Waals surface area contributed by atoms with Gasteiger partial charge in [-0.25, -0.2) is 9.59 Å². The summed E-state index contributed by atoms with van der Waals surface area (Å²) in [5, 5.41) is 56.0. The zero-order valence-corrected chi connectivity index (χ0v) is 11.2. The SMILES string of the molecule is O=C(O)c1cccc(OC(=O)c2c(O)c(O)c(O)c(O)c2O)c1. The van der Waals surface area contributed by atoms with Crippen molar-refractivity contribution in [3.63, 3.8) is 0 Å². The number of aromatic carboxylic acids is 1. The van der Waals surface area contributed by atoms with Gasteiger partial charge >= 0.3 is 11.9 Å². The van der Waals surface area contributed by atoms with Crippen LogP contribution in [0.2, 0.25) is 0 Å². The number of carboxylic acid groups (broad SMARTS) is 1. The number of hydrogen-bond donors (Lipinski definition) is 6. The molecule has 9 heteroatoms. The molecule has 0 heterocycles. The molecule has 9 nitrogen and oxygen atoms in total. The smallest absolute Gasteiger partial charge is 0.351 e. The number of esters is 1. The number of benzene rings is 2. The lowest BCUT2D eigenvalue weighted by Gasteiger charge is -2.11. The fourth-order valence-corrected chi connectivity index (χ4v) is 1.73. The third-order valence-electron chi connectivity index (χ3n) is 2.87. The molecule has 23 heavy (non-hydrogen) atoms. The van der Waals surface area contributed by atoms with Crippen LogP contribution in [0.1, 0.15) is 20.7 Å². The number of hydrogen-bond acceptors (Lipinski definition) is 8. The normalized spacial score (nSPS) is 10.3. The summed E-state index contributed by atoms with van der Waals surface area (Å²) in [5.74, 6) is -8.99. The Bertz CT molecular complexity index is 781. The molecule has 0 spiro atoms. The fourth-order valence-electron chi connectivity index (χ4n) is 1.73. The van der Waals surface area contributed by atoms with E-state index in [1.165, 1.54) is 18.2 Å². The van der Waals surface area contributed by atoms with Gasteiger partial charge in [0.25, 0.3) is 0 Å². The molecule has 0 aromatic heterocycles. The quantitative estimate of drug-likeness (QED) is 0.210. The number of ether oxygens (including phenoxy) is 1. The van der Waals surface area contributed by atoms with Gasteiger partial charge in [-0.3, -0.25) is 0 Å². The number of aromatic hydroxyl groups is 5. The van der Waals surface area contributed by atoms with Gasteiger partial charge in [-0.05, 0) is 18.2 Å². The second kappa shape index (κ2) is 5.64. The van der Waals surface area contributed by atoms with E-state index in [-0.39, 0.29) is 11.3 Å². The molecule has 0 atom stereocenters. The Morgan fingerprint density at radius 2 is 1.35 bits per heavy atom. The Morgan fingerprint density at radius 3 is 1.87 bits per heavy atom. The van der Waals surface area contributed by atoms with Crippen LogP contribution in [0.3, 0.4) is 0 Å². The lowest BCUT2D eigenvalue weighted by atomic mass is 10.1. The van der Waals surface area contributed by atoms with Crippen molar-refractivity contribution in [1.29, 1.82) is 0 Å². The van der Waals surface area contributed by atoms with Crippen molar-refractivity contribution in [3.05, 3.63) is 35.4 Å². The van der Waals surface area contributed by atoms with Crippen LogP contribution < -0.4 is 4.74 Å². The number of carboxylic acids is 1. The maximum atomic E-state index is 12.0. The van der Waals surface area contributed by atoms with Gasteiger partial charge in [0, 0.05) is 0 Å². The molecule has 2 rings (SSSR count). The molecule has 0 saturated heterocycles. The summed E-state index contributed by atoms with van der Waals surface area (Å²) in [5.41, 5.74) is -1.18. The molecule has 0 fully saturated rings. The Hall–Kier alpha value is -3.62. The first-order chi connectivity index (χ1) is 10.7. The number of carbonyl (C=O) groups excluding carboxylic acids is 1. The first kappa shape index (κ1) is 15.8. The predicted molar refractivity (Wildman–Crippen MR) is 73.1 cm³/mol. The van der Waals surface area contributed by atoms with Gasteiger partial charge in [0.1, 0.15) is 5.75 Å². The summed E-state index contributed by atoms with van der Waals surface area (Å²) in [6.07, 6.45) is 0. The van der Waals surface area contributed by atoms with Gasteiger partial charge in [-0.1, -0.05) is 6.07 Å². The first-order valence-electron chi connectivity index (χ1n) is 5.98. The molecule has 6 N–H and O–H groups in total. The van der Waals surface area contributed by atoms with Crippen LogP contribution in [0, 0.1) is 0 Å². The minimum atomic E-state index is -1.40. The highest BCUT2D eigenvalue weighted by Crippen LogP contribution is 2.50. The maximum Gasteiger partial charge on any atom is 0.351 e. The monoisotopic (exact) mass is 322 g/mol. The van der Waals surface area contributed by atoms with Gasteiger partial charge < -0.3 is 35.4 Å². The molecule has 0 unspecified atom stereocenters. The topological polar surface area (TPSA) is 165 Å². The van der Waals surface area contributed by atoms with Gasteiger partial charge in [-0.2, -0.15) is 0 Å². The van der Waals surface area contributed by atoms with Crippen molar-refractivity contribution in [2.75, 3.05) is 0 Å². The molecule has 0 aliphatic heterocycles. The zero-order chi connectivity index (χ0) is 17.3. The van der Waals surface area contributed by atoms with E-state index in [0.717, 1.165) is 6.07 Å². The Morgan fingerprint density at radius 1 is 0.826 bits per heavy atom. The van der Waals surface area contributed by atoms with Crippen molar-refractivity contribution in [2.45, 2.75) is 0 Å². The first-order valence-corrected chi connectivity index (χ1v) is 5.98. The highest BCUT2D eigenvalue weighted by Gasteiger charge is 2.29. The standard InChI is InChI=1S/C14H10O9/c15-8-7(9(16)11(18)12(19)10(8)17)14(22)23-6-3-1-2-5(4-6)13(20)21/h1-4,15-19H,(H,20,21). The third kappa shape index (κ3) is 2.75. The van der Waals surface area contributed by atoms with Gasteiger partial charge in [0.15, 0.2) is 17.1 Å². The maximum absolute atomic E-state index is 12.0. The Labute approximate surface area is 127 Å². The van der Waals surface area contributed by atoms with Crippen molar-refractivity contribution < 1.29 is 45.0 Å². The molecule has 2 aromatic rings. The van der Waals surface area contributed by atoms with Crippen LogP contribution in [-0.2, 0) is 0 Å². The summed E-state index contributed by atoms with van der Waals surface area (Å²) in [4.78, 5) is 22.8. The number of rotatable bonds is 3. The Balaban J connectivity index is 2.43. The molecule has 0 aliphatic rings. The van der Waals surface area contributed by atoms with E-state index in [4.69, 9.17) is 9.84 Å². The lowest BCUT2D eigenvalue weighted by Crippen LogP contribution is -2.10. The van der Waals surface area contributed by atoms with Gasteiger partial charge in [0.2, 0.25) is 17.2 Å². The summed E-state index contributed by atoms with van der Waals surface area (Å²) in [6.45, 7) is 0. The van der Waals surface area contributed by atoms with E-state index < -0.39 is 46.2 Å². The molecule has 2 aromatic carbocycles. The van der Waals surface area contributed by atoms with Crippen LogP contribution in [-0.4, -0.2) is 42.6 Å². The number of phenolic OH excluding ortho intramolecular Hbond substituents is 5. The number of phenols is 5. The molecular weight excluding hydrogens is 312 g/mol. The van der Waals surface area contributed by atoms with E-state index >= 15 is 0 Å². The highest BCUT2D eigenvalue weighted by molar-refractivity contribution is 6.00. The minimum absolute atomic E-state index is 0.180. The third-order valence-corrected chi connectivity index (χ3v) is 2.87. The van der Waals surface area contributed by atoms with Crippen LogP contribution in [0.4, 0.5) is 0 Å². The molecule has 120 valence electrons. The number of carbonyl (C=O) groups is 2. The summed E-state index contributed by atoms with van der Waals surface area (Å²) < 4.78 is 4.78. The van der Waals surface area contributed by atoms with Crippen molar-refractivity contribution in [3.8, 4) is 34.5 Å². The largest absolute Gasteiger partial charge is 0.503 e. The highest BCUT2D eigenvalue weighted by atomic mass is 16.5. The molecule has 0 saturated carbocycles. The van der Waals surface area contributed by atoms with Crippen molar-refractivity contribution >= 4 is 11.9 Å². The molecule has 0 radical (unpaired) electrons. The van der Waals surface area contributed by atoms with Gasteiger partial charge in [0.05, 0.1) is 5.56 Å². The summed E-state index contributed by atoms with van der Waals surface area (Å²) >= 11 is 0. The average molecular weight is 322 g/mol. The summed E-state index contributed by atoms with van der Waals surface area (Å²) in [6, 6.07) is 4.78. The van der Waals surface area contributed by atoms with Crippen molar-refractivity contribution in [2.24, 2.45) is 0 Å². The van der Waals surface area contributed by atoms with Crippen LogP contribution in [0.25, 0.3) is 0 Å². The summed E-state index contributed by atoms with van der Waals surface area (Å²) in [7, 11) is 0. The molecule has 0 bridgehead atoms. The average Bonchev–Trinajstić information content (AvgIpc) is 2.51. The van der Waals surface area contributed by atoms with Crippen LogP contribution in [0.15, 0.2) is 24.3 Å². The van der Waals surface area contributed by atoms with E-state index in [1.54, 1.807) is 0 Å². The molecule has 0 amide bonds. The second-order valence-corrected chi connectivity index (χ2v) is 4.34. The van der Waals surface area contributed by atoms with Crippen molar-refractivity contribution in [1.82, 2.24) is 0 Å². The van der Waals surface area contributed by atoms with E-state index in [9.17, 15) is 35.1 Å². The molecule has 0 aliphatic carbocycles. The van der Waals surface area contributed by atoms with E-state index in [1.807, 2.05) is 0 Å². The van der Waals surface area contributed by atoms with Crippen LogP contribution >= 0.6 is 0 Å².